The van der Waals surface area contributed by atoms with Gasteiger partial charge in [-0.1, -0.05) is 0 Å². The van der Waals surface area contributed by atoms with E-state index in [0.29, 0.717) is 11.8 Å². The number of nitrogens with one attached hydrogen (secondary N) is 1. The van der Waals surface area contributed by atoms with Crippen molar-refractivity contribution in [2.45, 2.75) is 19.3 Å². The molecule has 17 heavy (non-hydrogen) atoms. The number of amides is 1. The maximum absolute atomic E-state index is 12.2. The molecule has 2 saturated heterocycles. The minimum Gasteiger partial charge on any atom is -0.345 e. The number of carbonyl (C=O) groups excluding carboxylic acids is 1. The molecule has 0 spiro atoms. The zero-order chi connectivity index (χ0) is 12.3. The lowest BCUT2D eigenvalue weighted by atomic mass is 9.98. The minimum absolute atomic E-state index is 0.238. The number of rotatable bonds is 3. The fourth-order valence-corrected chi connectivity index (χ4v) is 3.01. The van der Waals surface area contributed by atoms with Gasteiger partial charge in [0.05, 0.1) is 5.92 Å². The zero-order valence-corrected chi connectivity index (χ0v) is 11.1. The smallest absolute Gasteiger partial charge is 0.226 e. The monoisotopic (exact) mass is 239 g/mol. The summed E-state index contributed by atoms with van der Waals surface area (Å²) in [5.74, 6) is 1.23. The Labute approximate surface area is 104 Å². The molecule has 0 aromatic heterocycles. The van der Waals surface area contributed by atoms with Crippen LogP contribution in [0.5, 0.6) is 0 Å². The number of hydrogen-bond donors (Lipinski definition) is 1. The van der Waals surface area contributed by atoms with E-state index in [2.05, 4.69) is 17.3 Å². The summed E-state index contributed by atoms with van der Waals surface area (Å²) in [5.41, 5.74) is 0. The number of nitrogens with zero attached hydrogens (tertiary/aromatic N) is 2. The highest BCUT2D eigenvalue weighted by atomic mass is 16.2. The van der Waals surface area contributed by atoms with E-state index in [9.17, 15) is 4.79 Å². The van der Waals surface area contributed by atoms with Gasteiger partial charge in [-0.05, 0) is 51.9 Å². The molecule has 2 fully saturated rings. The highest BCUT2D eigenvalue weighted by Crippen LogP contribution is 2.18. The molecule has 2 atom stereocenters. The van der Waals surface area contributed by atoms with Crippen molar-refractivity contribution in [1.82, 2.24) is 15.1 Å². The van der Waals surface area contributed by atoms with Crippen molar-refractivity contribution in [2.75, 3.05) is 46.8 Å². The molecule has 0 radical (unpaired) electrons. The summed E-state index contributed by atoms with van der Waals surface area (Å²) in [6, 6.07) is 0. The summed E-state index contributed by atoms with van der Waals surface area (Å²) in [6.07, 6.45) is 3.54. The van der Waals surface area contributed by atoms with Gasteiger partial charge in [-0.2, -0.15) is 0 Å². The van der Waals surface area contributed by atoms with Crippen LogP contribution in [0.25, 0.3) is 0 Å². The van der Waals surface area contributed by atoms with Crippen LogP contribution in [0.3, 0.4) is 0 Å². The Bertz CT molecular complexity index is 263. The largest absolute Gasteiger partial charge is 0.345 e. The van der Waals surface area contributed by atoms with Gasteiger partial charge in [-0.25, -0.2) is 0 Å². The van der Waals surface area contributed by atoms with E-state index in [4.69, 9.17) is 0 Å². The molecule has 2 rings (SSSR count). The first-order valence-corrected chi connectivity index (χ1v) is 6.81. The lowest BCUT2D eigenvalue weighted by Gasteiger charge is -2.29. The molecule has 1 amide bonds. The summed E-state index contributed by atoms with van der Waals surface area (Å²) < 4.78 is 0. The van der Waals surface area contributed by atoms with E-state index in [1.165, 1.54) is 12.8 Å². The van der Waals surface area contributed by atoms with Gasteiger partial charge in [0.2, 0.25) is 5.91 Å². The molecule has 2 heterocycles. The second kappa shape index (κ2) is 5.83. The van der Waals surface area contributed by atoms with Crippen molar-refractivity contribution < 1.29 is 4.79 Å². The topological polar surface area (TPSA) is 35.6 Å². The summed E-state index contributed by atoms with van der Waals surface area (Å²) in [4.78, 5) is 16.5. The lowest BCUT2D eigenvalue weighted by molar-refractivity contribution is -0.134. The molecule has 98 valence electrons. The molecule has 2 aliphatic rings. The first-order valence-electron chi connectivity index (χ1n) is 6.81. The van der Waals surface area contributed by atoms with Crippen molar-refractivity contribution in [3.05, 3.63) is 0 Å². The van der Waals surface area contributed by atoms with E-state index < -0.39 is 0 Å². The van der Waals surface area contributed by atoms with Crippen molar-refractivity contribution in [3.63, 3.8) is 0 Å². The van der Waals surface area contributed by atoms with Gasteiger partial charge in [0.25, 0.3) is 0 Å². The summed E-state index contributed by atoms with van der Waals surface area (Å²) in [6.45, 7) is 5.14. The van der Waals surface area contributed by atoms with Crippen LogP contribution in [-0.2, 0) is 4.79 Å². The Hall–Kier alpha value is -0.610. The Morgan fingerprint density at radius 3 is 2.88 bits per heavy atom. The predicted molar refractivity (Wildman–Crippen MR) is 68.8 cm³/mol. The Kier molecular flexibility index (Phi) is 4.40. The number of carbonyl (C=O) groups is 1. The van der Waals surface area contributed by atoms with Crippen LogP contribution in [0.1, 0.15) is 19.3 Å². The predicted octanol–water partition coefficient (Wildman–Crippen LogP) is 0.396. The minimum atomic E-state index is 0.238. The van der Waals surface area contributed by atoms with Crippen LogP contribution < -0.4 is 5.32 Å². The highest BCUT2D eigenvalue weighted by Gasteiger charge is 2.29. The first-order chi connectivity index (χ1) is 8.16. The standard InChI is InChI=1S/C13H25N3O/c1-15-7-5-12(10-15)13(17)16(2)9-11-4-3-6-14-8-11/h11-12,14H,3-10H2,1-2H3. The SMILES string of the molecule is CN1CCC(C(=O)N(C)CC2CCCNC2)C1. The molecule has 0 bridgehead atoms. The Balaban J connectivity index is 1.78. The van der Waals surface area contributed by atoms with Gasteiger partial charge in [0, 0.05) is 20.1 Å². The van der Waals surface area contributed by atoms with Crippen LogP contribution in [0.4, 0.5) is 0 Å². The van der Waals surface area contributed by atoms with Gasteiger partial charge < -0.3 is 15.1 Å². The molecular weight excluding hydrogens is 214 g/mol. The highest BCUT2D eigenvalue weighted by molar-refractivity contribution is 5.79. The van der Waals surface area contributed by atoms with Crippen molar-refractivity contribution >= 4 is 5.91 Å². The van der Waals surface area contributed by atoms with E-state index in [-0.39, 0.29) is 5.92 Å². The molecule has 0 saturated carbocycles. The average molecular weight is 239 g/mol. The second-order valence-corrected chi connectivity index (χ2v) is 5.68. The average Bonchev–Trinajstić information content (AvgIpc) is 2.76. The van der Waals surface area contributed by atoms with Crippen molar-refractivity contribution in [2.24, 2.45) is 11.8 Å². The lowest BCUT2D eigenvalue weighted by Crippen LogP contribution is -2.41. The van der Waals surface area contributed by atoms with Gasteiger partial charge in [-0.3, -0.25) is 4.79 Å². The Morgan fingerprint density at radius 1 is 1.47 bits per heavy atom. The maximum Gasteiger partial charge on any atom is 0.226 e. The molecule has 0 aromatic carbocycles. The van der Waals surface area contributed by atoms with Crippen molar-refractivity contribution in [1.29, 1.82) is 0 Å². The quantitative estimate of drug-likeness (QED) is 0.774. The Morgan fingerprint density at radius 2 is 2.29 bits per heavy atom. The van der Waals surface area contributed by atoms with E-state index >= 15 is 0 Å². The van der Waals surface area contributed by atoms with Crippen LogP contribution >= 0.6 is 0 Å². The van der Waals surface area contributed by atoms with E-state index in [0.717, 1.165) is 39.1 Å². The van der Waals surface area contributed by atoms with Crippen LogP contribution in [0, 0.1) is 11.8 Å². The van der Waals surface area contributed by atoms with Gasteiger partial charge >= 0.3 is 0 Å². The zero-order valence-electron chi connectivity index (χ0n) is 11.1. The normalized spacial score (nSPS) is 30.5. The maximum atomic E-state index is 12.2. The summed E-state index contributed by atoms with van der Waals surface area (Å²) in [7, 11) is 4.06. The van der Waals surface area contributed by atoms with E-state index in [1.807, 2.05) is 11.9 Å². The third-order valence-electron chi connectivity index (χ3n) is 4.05. The number of hydrogen-bond acceptors (Lipinski definition) is 3. The molecular formula is C13H25N3O. The fourth-order valence-electron chi connectivity index (χ4n) is 3.01. The molecule has 4 nitrogen and oxygen atoms in total. The first kappa shape index (κ1) is 12.8. The second-order valence-electron chi connectivity index (χ2n) is 5.68. The van der Waals surface area contributed by atoms with Crippen molar-refractivity contribution in [3.8, 4) is 0 Å². The number of likely N-dealkylation sites (tertiary alicyclic amines) is 1. The third-order valence-corrected chi connectivity index (χ3v) is 4.05. The molecule has 0 aromatic rings. The van der Waals surface area contributed by atoms with Crippen LogP contribution in [0.15, 0.2) is 0 Å². The van der Waals surface area contributed by atoms with Crippen LogP contribution in [0.2, 0.25) is 0 Å². The third kappa shape index (κ3) is 3.42. The molecule has 2 unspecified atom stereocenters. The summed E-state index contributed by atoms with van der Waals surface area (Å²) >= 11 is 0. The fraction of sp³-hybridized carbons (Fsp3) is 0.923. The summed E-state index contributed by atoms with van der Waals surface area (Å²) in [5, 5.41) is 3.41. The molecule has 0 aliphatic carbocycles. The van der Waals surface area contributed by atoms with Gasteiger partial charge in [0.1, 0.15) is 0 Å². The molecule has 4 heteroatoms. The molecule has 2 aliphatic heterocycles. The van der Waals surface area contributed by atoms with Gasteiger partial charge in [-0.15, -0.1) is 0 Å². The van der Waals surface area contributed by atoms with E-state index in [1.54, 1.807) is 0 Å². The molecule has 1 N–H and O–H groups in total. The van der Waals surface area contributed by atoms with Gasteiger partial charge in [0.15, 0.2) is 0 Å². The van der Waals surface area contributed by atoms with Crippen LogP contribution in [-0.4, -0.2) is 62.5 Å². The number of piperidine rings is 1.